The highest BCUT2D eigenvalue weighted by molar-refractivity contribution is 8.03. The first-order valence-electron chi connectivity index (χ1n) is 3.51. The Labute approximate surface area is 73.6 Å². The Kier molecular flexibility index (Phi) is 1.73. The minimum Gasteiger partial charge on any atom is -0.366 e. The molecule has 62 valence electrons. The first kappa shape index (κ1) is 7.54. The van der Waals surface area contributed by atoms with Gasteiger partial charge in [0.2, 0.25) is 5.91 Å². The third kappa shape index (κ3) is 1.06. The van der Waals surface area contributed by atoms with Crippen molar-refractivity contribution in [1.82, 2.24) is 0 Å². The van der Waals surface area contributed by atoms with Crippen LogP contribution in [0.15, 0.2) is 33.0 Å². The van der Waals surface area contributed by atoms with E-state index in [0.717, 1.165) is 5.57 Å². The van der Waals surface area contributed by atoms with Crippen LogP contribution in [0.1, 0.15) is 0 Å². The van der Waals surface area contributed by atoms with Gasteiger partial charge in [-0.2, -0.15) is 10.2 Å². The monoisotopic (exact) mass is 181 g/mol. The number of amides is 1. The van der Waals surface area contributed by atoms with Crippen molar-refractivity contribution in [2.45, 2.75) is 5.25 Å². The van der Waals surface area contributed by atoms with Gasteiger partial charge >= 0.3 is 0 Å². The average Bonchev–Trinajstić information content (AvgIpc) is 2.47. The summed E-state index contributed by atoms with van der Waals surface area (Å²) in [5, 5.41) is 9.65. The van der Waals surface area contributed by atoms with Gasteiger partial charge in [-0.05, 0) is 5.41 Å². The molecule has 0 fully saturated rings. The molecule has 0 aromatic heterocycles. The highest BCUT2D eigenvalue weighted by Gasteiger charge is 2.28. The van der Waals surface area contributed by atoms with E-state index in [1.165, 1.54) is 0 Å². The molecule has 2 N–H and O–H groups in total. The van der Waals surface area contributed by atoms with Crippen LogP contribution in [0.2, 0.25) is 0 Å². The second kappa shape index (κ2) is 2.75. The van der Waals surface area contributed by atoms with Crippen LogP contribution in [0.3, 0.4) is 0 Å². The smallest absolute Gasteiger partial charge is 0.249 e. The third-order valence-corrected chi connectivity index (χ3v) is 2.90. The molecule has 5 heteroatoms. The van der Waals surface area contributed by atoms with Crippen molar-refractivity contribution >= 4 is 17.7 Å². The largest absolute Gasteiger partial charge is 0.366 e. The number of carbonyl (C=O) groups is 1. The molecule has 0 aromatic rings. The van der Waals surface area contributed by atoms with E-state index in [-0.39, 0.29) is 11.2 Å². The number of hydrogen-bond donors (Lipinski definition) is 1. The lowest BCUT2D eigenvalue weighted by Crippen LogP contribution is -2.18. The lowest BCUT2D eigenvalue weighted by Gasteiger charge is -2.11. The minimum atomic E-state index is -0.381. The SMILES string of the molecule is NC(=O)C1=CSC2CN=NC=C12. The van der Waals surface area contributed by atoms with Gasteiger partial charge in [-0.15, -0.1) is 11.8 Å². The Hall–Kier alpha value is -1.10. The maximum atomic E-state index is 10.9. The summed E-state index contributed by atoms with van der Waals surface area (Å²) < 4.78 is 0. The fraction of sp³-hybridized carbons (Fsp3) is 0.286. The normalized spacial score (nSPS) is 26.2. The lowest BCUT2D eigenvalue weighted by atomic mass is 10.0. The van der Waals surface area contributed by atoms with E-state index < -0.39 is 0 Å². The highest BCUT2D eigenvalue weighted by Crippen LogP contribution is 2.36. The van der Waals surface area contributed by atoms with Crippen LogP contribution in [-0.2, 0) is 4.79 Å². The van der Waals surface area contributed by atoms with E-state index in [4.69, 9.17) is 5.73 Å². The Balaban J connectivity index is 2.34. The molecule has 0 saturated carbocycles. The van der Waals surface area contributed by atoms with E-state index in [9.17, 15) is 4.79 Å². The van der Waals surface area contributed by atoms with Crippen molar-refractivity contribution in [1.29, 1.82) is 0 Å². The molecular formula is C7H7N3OS. The van der Waals surface area contributed by atoms with Gasteiger partial charge in [0.15, 0.2) is 0 Å². The summed E-state index contributed by atoms with van der Waals surface area (Å²) in [4.78, 5) is 10.9. The number of rotatable bonds is 1. The van der Waals surface area contributed by atoms with Gasteiger partial charge in [-0.25, -0.2) is 0 Å². The van der Waals surface area contributed by atoms with Crippen LogP contribution in [-0.4, -0.2) is 17.7 Å². The van der Waals surface area contributed by atoms with Crippen molar-refractivity contribution in [2.75, 3.05) is 6.54 Å². The molecule has 2 aliphatic rings. The van der Waals surface area contributed by atoms with Gasteiger partial charge in [0.1, 0.15) is 0 Å². The predicted octanol–water partition coefficient (Wildman–Crippen LogP) is 0.821. The molecule has 0 bridgehead atoms. The summed E-state index contributed by atoms with van der Waals surface area (Å²) in [6, 6.07) is 0. The third-order valence-electron chi connectivity index (χ3n) is 1.80. The second-order valence-corrected chi connectivity index (χ2v) is 3.62. The summed E-state index contributed by atoms with van der Waals surface area (Å²) >= 11 is 1.58. The number of fused-ring (bicyclic) bond motifs is 1. The lowest BCUT2D eigenvalue weighted by molar-refractivity contribution is -0.114. The van der Waals surface area contributed by atoms with Crippen molar-refractivity contribution in [3.8, 4) is 0 Å². The van der Waals surface area contributed by atoms with Gasteiger partial charge in [0.25, 0.3) is 0 Å². The van der Waals surface area contributed by atoms with Gasteiger partial charge in [-0.3, -0.25) is 4.79 Å². The van der Waals surface area contributed by atoms with E-state index in [1.54, 1.807) is 23.4 Å². The molecule has 2 aliphatic heterocycles. The van der Waals surface area contributed by atoms with Gasteiger partial charge in [-0.1, -0.05) is 0 Å². The molecular weight excluding hydrogens is 174 g/mol. The van der Waals surface area contributed by atoms with E-state index in [0.29, 0.717) is 12.1 Å². The molecule has 0 aliphatic carbocycles. The summed E-state index contributed by atoms with van der Waals surface area (Å²) in [6.07, 6.45) is 1.62. The number of azo groups is 1. The van der Waals surface area contributed by atoms with Gasteiger partial charge in [0, 0.05) is 5.57 Å². The molecule has 0 saturated heterocycles. The summed E-state index contributed by atoms with van der Waals surface area (Å²) in [7, 11) is 0. The Morgan fingerprint density at radius 2 is 2.58 bits per heavy atom. The fourth-order valence-corrected chi connectivity index (χ4v) is 2.22. The molecule has 1 atom stereocenters. The summed E-state index contributed by atoms with van der Waals surface area (Å²) in [5.41, 5.74) is 6.68. The molecule has 1 unspecified atom stereocenters. The molecule has 0 aromatic carbocycles. The van der Waals surface area contributed by atoms with E-state index >= 15 is 0 Å². The highest BCUT2D eigenvalue weighted by atomic mass is 32.2. The second-order valence-electron chi connectivity index (χ2n) is 2.54. The van der Waals surface area contributed by atoms with Crippen molar-refractivity contribution in [3.63, 3.8) is 0 Å². The van der Waals surface area contributed by atoms with Crippen LogP contribution in [0.4, 0.5) is 0 Å². The fourth-order valence-electron chi connectivity index (χ4n) is 1.18. The van der Waals surface area contributed by atoms with Gasteiger partial charge < -0.3 is 5.73 Å². The van der Waals surface area contributed by atoms with Crippen molar-refractivity contribution < 1.29 is 4.79 Å². The zero-order valence-corrected chi connectivity index (χ0v) is 7.04. The number of primary amides is 1. The maximum Gasteiger partial charge on any atom is 0.249 e. The first-order valence-corrected chi connectivity index (χ1v) is 4.46. The zero-order chi connectivity index (χ0) is 8.55. The molecule has 2 heterocycles. The van der Waals surface area contributed by atoms with Crippen LogP contribution < -0.4 is 5.73 Å². The van der Waals surface area contributed by atoms with E-state index in [1.807, 2.05) is 0 Å². The maximum absolute atomic E-state index is 10.9. The molecule has 4 nitrogen and oxygen atoms in total. The van der Waals surface area contributed by atoms with Crippen LogP contribution in [0, 0.1) is 0 Å². The topological polar surface area (TPSA) is 67.8 Å². The Morgan fingerprint density at radius 1 is 1.75 bits per heavy atom. The van der Waals surface area contributed by atoms with Gasteiger partial charge in [0.05, 0.1) is 23.6 Å². The zero-order valence-electron chi connectivity index (χ0n) is 6.23. The summed E-state index contributed by atoms with van der Waals surface area (Å²) in [6.45, 7) is 0.643. The Bertz CT molecular complexity index is 319. The predicted molar refractivity (Wildman–Crippen MR) is 46.5 cm³/mol. The van der Waals surface area contributed by atoms with Crippen LogP contribution in [0.25, 0.3) is 0 Å². The van der Waals surface area contributed by atoms with Crippen LogP contribution in [0.5, 0.6) is 0 Å². The van der Waals surface area contributed by atoms with Crippen molar-refractivity contribution in [3.05, 3.63) is 22.8 Å². The number of nitrogens with two attached hydrogens (primary N) is 1. The number of thioether (sulfide) groups is 1. The number of nitrogens with zero attached hydrogens (tertiary/aromatic N) is 2. The molecule has 0 radical (unpaired) electrons. The van der Waals surface area contributed by atoms with Crippen molar-refractivity contribution in [2.24, 2.45) is 16.0 Å². The molecule has 12 heavy (non-hydrogen) atoms. The number of hydrogen-bond acceptors (Lipinski definition) is 4. The minimum absolute atomic E-state index is 0.255. The number of carbonyl (C=O) groups excluding carboxylic acids is 1. The summed E-state index contributed by atoms with van der Waals surface area (Å²) in [5.74, 6) is -0.381. The van der Waals surface area contributed by atoms with E-state index in [2.05, 4.69) is 10.2 Å². The standard InChI is InChI=1S/C7H7N3OS/c8-7(11)5-3-12-6-2-10-9-1-4(5)6/h1,3,6H,2H2,(H2,8,11). The Morgan fingerprint density at radius 3 is 3.33 bits per heavy atom. The molecule has 2 rings (SSSR count). The molecule has 1 amide bonds. The average molecular weight is 181 g/mol. The quantitative estimate of drug-likeness (QED) is 0.650. The first-order chi connectivity index (χ1) is 5.79. The van der Waals surface area contributed by atoms with Crippen LogP contribution >= 0.6 is 11.8 Å². The molecule has 0 spiro atoms.